The van der Waals surface area contributed by atoms with Gasteiger partial charge in [-0.1, -0.05) is 29.3 Å². The summed E-state index contributed by atoms with van der Waals surface area (Å²) < 4.78 is 0. The quantitative estimate of drug-likeness (QED) is 0.797. The number of amides is 2. The van der Waals surface area contributed by atoms with Crippen molar-refractivity contribution >= 4 is 40.7 Å². The van der Waals surface area contributed by atoms with E-state index in [1.54, 1.807) is 37.6 Å². The zero-order chi connectivity index (χ0) is 17.5. The van der Waals surface area contributed by atoms with Crippen LogP contribution in [0.4, 0.5) is 5.69 Å². The van der Waals surface area contributed by atoms with Gasteiger partial charge in [-0.25, -0.2) is 0 Å². The number of hydrogen-bond donors (Lipinski definition) is 1. The van der Waals surface area contributed by atoms with Gasteiger partial charge in [-0.15, -0.1) is 0 Å². The van der Waals surface area contributed by atoms with Gasteiger partial charge in [-0.3, -0.25) is 14.6 Å². The monoisotopic (exact) mass is 365 g/mol. The number of nitrogens with zero attached hydrogens (tertiary/aromatic N) is 2. The van der Waals surface area contributed by atoms with Crippen molar-refractivity contribution in [1.82, 2.24) is 9.88 Å². The second kappa shape index (κ2) is 8.66. The summed E-state index contributed by atoms with van der Waals surface area (Å²) in [5, 5.41) is 3.20. The lowest BCUT2D eigenvalue weighted by molar-refractivity contribution is -0.133. The minimum absolute atomic E-state index is 0.254. The maximum atomic E-state index is 12.1. The Labute approximate surface area is 150 Å². The first-order valence-corrected chi connectivity index (χ1v) is 8.09. The van der Waals surface area contributed by atoms with Gasteiger partial charge in [0, 0.05) is 26.0 Å². The van der Waals surface area contributed by atoms with Crippen LogP contribution >= 0.6 is 23.2 Å². The van der Waals surface area contributed by atoms with Crippen molar-refractivity contribution in [2.75, 3.05) is 18.9 Å². The molecule has 0 radical (unpaired) electrons. The lowest BCUT2D eigenvalue weighted by atomic mass is 10.2. The molecule has 0 atom stereocenters. The Morgan fingerprint density at radius 3 is 2.58 bits per heavy atom. The molecule has 1 aromatic heterocycles. The average Bonchev–Trinajstić information content (AvgIpc) is 2.57. The summed E-state index contributed by atoms with van der Waals surface area (Å²) in [7, 11) is 1.67. The Hall–Kier alpha value is -2.11. The molecule has 7 heteroatoms. The third-order valence-electron chi connectivity index (χ3n) is 3.45. The number of benzene rings is 1. The number of rotatable bonds is 6. The standard InChI is InChI=1S/C17H17Cl2N3O2/c1-22(10-7-12-5-8-20-9-6-12)16(24)11-15(23)21-14-4-2-3-13(18)17(14)19/h2-6,8-9H,7,10-11H2,1H3,(H,21,23). The summed E-state index contributed by atoms with van der Waals surface area (Å²) in [6, 6.07) is 8.71. The molecular weight excluding hydrogens is 349 g/mol. The van der Waals surface area contributed by atoms with Crippen molar-refractivity contribution in [3.05, 3.63) is 58.3 Å². The number of pyridine rings is 1. The zero-order valence-electron chi connectivity index (χ0n) is 13.1. The van der Waals surface area contributed by atoms with Gasteiger partial charge >= 0.3 is 0 Å². The van der Waals surface area contributed by atoms with Gasteiger partial charge in [0.2, 0.25) is 11.8 Å². The van der Waals surface area contributed by atoms with Crippen molar-refractivity contribution in [2.45, 2.75) is 12.8 Å². The van der Waals surface area contributed by atoms with Crippen LogP contribution in [0.1, 0.15) is 12.0 Å². The maximum absolute atomic E-state index is 12.1. The molecule has 0 aliphatic carbocycles. The summed E-state index contributed by atoms with van der Waals surface area (Å²) in [6.45, 7) is 0.522. The minimum Gasteiger partial charge on any atom is -0.345 e. The van der Waals surface area contributed by atoms with Crippen LogP contribution in [-0.2, 0) is 16.0 Å². The molecule has 0 unspecified atom stereocenters. The summed E-state index contributed by atoms with van der Waals surface area (Å²) in [4.78, 5) is 29.6. The highest BCUT2D eigenvalue weighted by atomic mass is 35.5. The molecule has 2 aromatic rings. The molecule has 24 heavy (non-hydrogen) atoms. The van der Waals surface area contributed by atoms with E-state index in [0.717, 1.165) is 5.56 Å². The SMILES string of the molecule is CN(CCc1ccncc1)C(=O)CC(=O)Nc1cccc(Cl)c1Cl. The second-order valence-corrected chi connectivity index (χ2v) is 6.03. The molecule has 0 aliphatic heterocycles. The molecule has 5 nitrogen and oxygen atoms in total. The summed E-state index contributed by atoms with van der Waals surface area (Å²) in [6.07, 6.45) is 3.86. The van der Waals surface area contributed by atoms with Crippen molar-refractivity contribution in [3.8, 4) is 0 Å². The van der Waals surface area contributed by atoms with Gasteiger partial charge < -0.3 is 10.2 Å². The minimum atomic E-state index is -0.431. The first-order chi connectivity index (χ1) is 11.5. The van der Waals surface area contributed by atoms with E-state index in [9.17, 15) is 9.59 Å². The number of halogens is 2. The van der Waals surface area contributed by atoms with E-state index in [1.165, 1.54) is 4.90 Å². The molecule has 0 bridgehead atoms. The Bertz CT molecular complexity index is 723. The highest BCUT2D eigenvalue weighted by molar-refractivity contribution is 6.44. The van der Waals surface area contributed by atoms with Gasteiger partial charge in [0.25, 0.3) is 0 Å². The van der Waals surface area contributed by atoms with E-state index in [4.69, 9.17) is 23.2 Å². The van der Waals surface area contributed by atoms with Gasteiger partial charge in [-0.05, 0) is 36.2 Å². The topological polar surface area (TPSA) is 62.3 Å². The number of carbonyl (C=O) groups excluding carboxylic acids is 2. The third kappa shape index (κ3) is 5.22. The van der Waals surface area contributed by atoms with E-state index in [2.05, 4.69) is 10.3 Å². The summed E-state index contributed by atoms with van der Waals surface area (Å²) >= 11 is 11.9. The largest absolute Gasteiger partial charge is 0.345 e. The number of likely N-dealkylation sites (N-methyl/N-ethyl adjacent to an activating group) is 1. The molecule has 0 saturated carbocycles. The van der Waals surface area contributed by atoms with Crippen molar-refractivity contribution in [3.63, 3.8) is 0 Å². The van der Waals surface area contributed by atoms with Crippen LogP contribution in [0, 0.1) is 0 Å². The smallest absolute Gasteiger partial charge is 0.233 e. The first-order valence-electron chi connectivity index (χ1n) is 7.34. The highest BCUT2D eigenvalue weighted by Crippen LogP contribution is 2.29. The predicted molar refractivity (Wildman–Crippen MR) is 95.3 cm³/mol. The molecule has 0 spiro atoms. The first kappa shape index (κ1) is 18.2. The molecule has 1 heterocycles. The summed E-state index contributed by atoms with van der Waals surface area (Å²) in [5.74, 6) is -0.695. The molecule has 2 rings (SSSR count). The fourth-order valence-corrected chi connectivity index (χ4v) is 2.39. The van der Waals surface area contributed by atoms with E-state index in [-0.39, 0.29) is 17.4 Å². The van der Waals surface area contributed by atoms with Crippen LogP contribution in [0.15, 0.2) is 42.7 Å². The van der Waals surface area contributed by atoms with E-state index < -0.39 is 5.91 Å². The predicted octanol–water partition coefficient (Wildman–Crippen LogP) is 3.42. The molecule has 0 fully saturated rings. The average molecular weight is 366 g/mol. The molecule has 0 aliphatic rings. The Balaban J connectivity index is 1.84. The maximum Gasteiger partial charge on any atom is 0.233 e. The van der Waals surface area contributed by atoms with Crippen LogP contribution in [0.5, 0.6) is 0 Å². The highest BCUT2D eigenvalue weighted by Gasteiger charge is 2.15. The normalized spacial score (nSPS) is 10.3. The van der Waals surface area contributed by atoms with E-state index >= 15 is 0 Å². The van der Waals surface area contributed by atoms with Gasteiger partial charge in [0.05, 0.1) is 15.7 Å². The van der Waals surface area contributed by atoms with Crippen molar-refractivity contribution in [2.24, 2.45) is 0 Å². The Morgan fingerprint density at radius 2 is 1.88 bits per heavy atom. The van der Waals surface area contributed by atoms with Crippen LogP contribution in [-0.4, -0.2) is 35.3 Å². The van der Waals surface area contributed by atoms with Crippen LogP contribution in [0.25, 0.3) is 0 Å². The zero-order valence-corrected chi connectivity index (χ0v) is 14.6. The second-order valence-electron chi connectivity index (χ2n) is 5.25. The molecule has 1 N–H and O–H groups in total. The number of nitrogens with one attached hydrogen (secondary N) is 1. The fraction of sp³-hybridized carbons (Fsp3) is 0.235. The molecule has 126 valence electrons. The number of anilines is 1. The van der Waals surface area contributed by atoms with Crippen molar-refractivity contribution < 1.29 is 9.59 Å². The fourth-order valence-electron chi connectivity index (χ4n) is 2.04. The van der Waals surface area contributed by atoms with Crippen LogP contribution < -0.4 is 5.32 Å². The molecule has 1 aromatic carbocycles. The van der Waals surface area contributed by atoms with Crippen molar-refractivity contribution in [1.29, 1.82) is 0 Å². The van der Waals surface area contributed by atoms with Gasteiger partial charge in [0.1, 0.15) is 6.42 Å². The number of hydrogen-bond acceptors (Lipinski definition) is 3. The van der Waals surface area contributed by atoms with Crippen LogP contribution in [0.3, 0.4) is 0 Å². The molecular formula is C17H17Cl2N3O2. The van der Waals surface area contributed by atoms with Gasteiger partial charge in [0.15, 0.2) is 0 Å². The van der Waals surface area contributed by atoms with E-state index in [0.29, 0.717) is 23.7 Å². The Kier molecular flexibility index (Phi) is 6.58. The lowest BCUT2D eigenvalue weighted by Crippen LogP contribution is -2.32. The molecule has 0 saturated heterocycles. The van der Waals surface area contributed by atoms with Gasteiger partial charge in [-0.2, -0.15) is 0 Å². The van der Waals surface area contributed by atoms with E-state index in [1.807, 2.05) is 12.1 Å². The Morgan fingerprint density at radius 1 is 1.17 bits per heavy atom. The van der Waals surface area contributed by atoms with Crippen LogP contribution in [0.2, 0.25) is 10.0 Å². The number of carbonyl (C=O) groups is 2. The number of aromatic nitrogens is 1. The third-order valence-corrected chi connectivity index (χ3v) is 4.27. The lowest BCUT2D eigenvalue weighted by Gasteiger charge is -2.17. The molecule has 2 amide bonds. The summed E-state index contributed by atoms with van der Waals surface area (Å²) in [5.41, 5.74) is 1.47.